The summed E-state index contributed by atoms with van der Waals surface area (Å²) in [5.74, 6) is -1.80. The smallest absolute Gasteiger partial charge is 0.268 e. The first-order valence-electron chi connectivity index (χ1n) is 8.85. The van der Waals surface area contributed by atoms with Gasteiger partial charge in [-0.15, -0.1) is 0 Å². The second-order valence-electron chi connectivity index (χ2n) is 7.30. The van der Waals surface area contributed by atoms with Crippen LogP contribution >= 0.6 is 0 Å². The highest BCUT2D eigenvalue weighted by molar-refractivity contribution is 6.01. The van der Waals surface area contributed by atoms with Crippen LogP contribution in [0.15, 0.2) is 35.3 Å². The van der Waals surface area contributed by atoms with Crippen molar-refractivity contribution in [3.8, 4) is 11.5 Å². The Kier molecular flexibility index (Phi) is 4.27. The summed E-state index contributed by atoms with van der Waals surface area (Å²) in [6.45, 7) is 1.16. The summed E-state index contributed by atoms with van der Waals surface area (Å²) in [6, 6.07) is 5.88. The highest BCUT2D eigenvalue weighted by Crippen LogP contribution is 2.39. The molecular weight excluding hydrogens is 381 g/mol. The van der Waals surface area contributed by atoms with Crippen LogP contribution in [0.3, 0.4) is 0 Å². The van der Waals surface area contributed by atoms with Crippen molar-refractivity contribution in [3.63, 3.8) is 0 Å². The molecule has 9 heteroatoms. The van der Waals surface area contributed by atoms with E-state index in [2.05, 4.69) is 4.98 Å². The van der Waals surface area contributed by atoms with Crippen LogP contribution in [0.25, 0.3) is 11.0 Å². The molecule has 3 heterocycles. The van der Waals surface area contributed by atoms with Gasteiger partial charge in [-0.05, 0) is 24.6 Å². The fraction of sp³-hybridized carbons (Fsp3) is 0.250. The molecule has 1 amide bonds. The van der Waals surface area contributed by atoms with Crippen LogP contribution in [0.4, 0.5) is 4.39 Å². The molecule has 3 aromatic rings. The Balaban J connectivity index is 2.00. The Hall–Kier alpha value is -3.46. The van der Waals surface area contributed by atoms with Gasteiger partial charge >= 0.3 is 0 Å². The van der Waals surface area contributed by atoms with E-state index < -0.39 is 35.0 Å². The fourth-order valence-electron chi connectivity index (χ4n) is 3.53. The quantitative estimate of drug-likeness (QED) is 0.602. The number of pyridine rings is 2. The molecule has 0 unspecified atom stereocenters. The Morgan fingerprint density at radius 1 is 1.38 bits per heavy atom. The van der Waals surface area contributed by atoms with Gasteiger partial charge in [0.05, 0.1) is 13.2 Å². The van der Waals surface area contributed by atoms with E-state index in [0.29, 0.717) is 12.0 Å². The van der Waals surface area contributed by atoms with Gasteiger partial charge in [-0.25, -0.2) is 4.39 Å². The summed E-state index contributed by atoms with van der Waals surface area (Å²) in [4.78, 5) is 28.8. The molecule has 0 spiro atoms. The Labute approximate surface area is 164 Å². The SMILES string of the molecule is C[C@]1(CO)Cn2c(=O)c(C(N)=O)c(O)c3ncc(Cc4ccc(F)cc4)c(c32)O1. The van der Waals surface area contributed by atoms with E-state index in [1.807, 2.05) is 0 Å². The average molecular weight is 399 g/mol. The topological polar surface area (TPSA) is 128 Å². The van der Waals surface area contributed by atoms with Crippen LogP contribution in [0.5, 0.6) is 11.5 Å². The largest absolute Gasteiger partial charge is 0.505 e. The number of rotatable bonds is 4. The van der Waals surface area contributed by atoms with Gasteiger partial charge in [-0.3, -0.25) is 19.1 Å². The third kappa shape index (κ3) is 2.99. The van der Waals surface area contributed by atoms with Gasteiger partial charge in [-0.2, -0.15) is 0 Å². The number of halogens is 1. The minimum absolute atomic E-state index is 0.00348. The second-order valence-corrected chi connectivity index (χ2v) is 7.30. The number of aromatic nitrogens is 2. The van der Waals surface area contributed by atoms with E-state index in [9.17, 15) is 24.2 Å². The molecule has 29 heavy (non-hydrogen) atoms. The van der Waals surface area contributed by atoms with Crippen molar-refractivity contribution in [2.75, 3.05) is 6.61 Å². The Morgan fingerprint density at radius 2 is 2.07 bits per heavy atom. The molecular formula is C20H18FN3O5. The van der Waals surface area contributed by atoms with Crippen molar-refractivity contribution in [1.29, 1.82) is 0 Å². The predicted molar refractivity (Wildman–Crippen MR) is 102 cm³/mol. The van der Waals surface area contributed by atoms with E-state index in [0.717, 1.165) is 5.56 Å². The maximum absolute atomic E-state index is 13.2. The van der Waals surface area contributed by atoms with Crippen molar-refractivity contribution in [3.05, 3.63) is 63.3 Å². The Bertz CT molecular complexity index is 1210. The van der Waals surface area contributed by atoms with Crippen LogP contribution in [0.2, 0.25) is 0 Å². The van der Waals surface area contributed by atoms with Crippen molar-refractivity contribution in [1.82, 2.24) is 9.55 Å². The number of hydrogen-bond acceptors (Lipinski definition) is 6. The normalized spacial score (nSPS) is 17.9. The molecule has 0 aliphatic carbocycles. The molecule has 1 atom stereocenters. The van der Waals surface area contributed by atoms with Gasteiger partial charge in [0.2, 0.25) is 0 Å². The minimum atomic E-state index is -1.14. The van der Waals surface area contributed by atoms with Gasteiger partial charge in [0.1, 0.15) is 28.0 Å². The number of nitrogens with zero attached hydrogens (tertiary/aromatic N) is 2. The van der Waals surface area contributed by atoms with E-state index in [-0.39, 0.29) is 29.1 Å². The van der Waals surface area contributed by atoms with Crippen LogP contribution in [0, 0.1) is 5.82 Å². The van der Waals surface area contributed by atoms with Gasteiger partial charge in [0.15, 0.2) is 11.5 Å². The summed E-state index contributed by atoms with van der Waals surface area (Å²) >= 11 is 0. The monoisotopic (exact) mass is 399 g/mol. The third-order valence-electron chi connectivity index (χ3n) is 5.00. The molecule has 150 valence electrons. The summed E-state index contributed by atoms with van der Waals surface area (Å²) in [7, 11) is 0. The van der Waals surface area contributed by atoms with E-state index in [1.165, 1.54) is 22.9 Å². The highest BCUT2D eigenvalue weighted by atomic mass is 19.1. The second kappa shape index (κ2) is 6.56. The number of aliphatic hydroxyl groups is 1. The number of nitrogens with two attached hydrogens (primary N) is 1. The fourth-order valence-corrected chi connectivity index (χ4v) is 3.53. The number of primary amides is 1. The number of aliphatic hydroxyl groups excluding tert-OH is 1. The molecule has 1 aliphatic rings. The summed E-state index contributed by atoms with van der Waals surface area (Å²) in [5.41, 5.74) is 4.34. The number of ether oxygens (including phenoxy) is 1. The standard InChI is InChI=1S/C20H18FN3O5/c1-20(9-25)8-24-15-14(16(26)13(18(22)27)19(24)28)23-7-11(17(15)29-20)6-10-2-4-12(21)5-3-10/h2-5,7,25-26H,6,8-9H2,1H3,(H2,22,27)/t20-/m1/s1. The zero-order valence-electron chi connectivity index (χ0n) is 15.5. The first-order chi connectivity index (χ1) is 13.7. The number of carbonyl (C=O) groups is 1. The zero-order chi connectivity index (χ0) is 20.9. The first-order valence-corrected chi connectivity index (χ1v) is 8.85. The van der Waals surface area contributed by atoms with E-state index in [1.54, 1.807) is 19.1 Å². The lowest BCUT2D eigenvalue weighted by Gasteiger charge is -2.36. The number of amides is 1. The van der Waals surface area contributed by atoms with Gasteiger partial charge in [-0.1, -0.05) is 12.1 Å². The number of benzene rings is 1. The molecule has 0 saturated carbocycles. The van der Waals surface area contributed by atoms with Crippen molar-refractivity contribution < 1.29 is 24.1 Å². The summed E-state index contributed by atoms with van der Waals surface area (Å²) in [6.07, 6.45) is 1.76. The van der Waals surface area contributed by atoms with Gasteiger partial charge in [0.25, 0.3) is 11.5 Å². The van der Waals surface area contributed by atoms with E-state index >= 15 is 0 Å². The number of carbonyl (C=O) groups excluding carboxylic acids is 1. The minimum Gasteiger partial charge on any atom is -0.505 e. The average Bonchev–Trinajstić information content (AvgIpc) is 2.68. The van der Waals surface area contributed by atoms with Crippen molar-refractivity contribution >= 4 is 16.9 Å². The molecule has 0 bridgehead atoms. The Morgan fingerprint density at radius 3 is 2.69 bits per heavy atom. The van der Waals surface area contributed by atoms with Gasteiger partial charge < -0.3 is 20.7 Å². The van der Waals surface area contributed by atoms with Crippen LogP contribution in [-0.4, -0.2) is 37.9 Å². The predicted octanol–water partition coefficient (Wildman–Crippen LogP) is 1.07. The molecule has 4 N–H and O–H groups in total. The lowest BCUT2D eigenvalue weighted by Crippen LogP contribution is -2.48. The maximum Gasteiger partial charge on any atom is 0.268 e. The zero-order valence-corrected chi connectivity index (χ0v) is 15.5. The molecule has 0 saturated heterocycles. The van der Waals surface area contributed by atoms with Crippen LogP contribution in [-0.2, 0) is 13.0 Å². The lowest BCUT2D eigenvalue weighted by molar-refractivity contribution is 0.00353. The molecule has 1 aliphatic heterocycles. The van der Waals surface area contributed by atoms with Crippen molar-refractivity contribution in [2.45, 2.75) is 25.5 Å². The van der Waals surface area contributed by atoms with Gasteiger partial charge in [0, 0.05) is 18.2 Å². The number of hydrogen-bond donors (Lipinski definition) is 3. The summed E-state index contributed by atoms with van der Waals surface area (Å²) in [5, 5.41) is 20.3. The highest BCUT2D eigenvalue weighted by Gasteiger charge is 2.37. The van der Waals surface area contributed by atoms with E-state index in [4.69, 9.17) is 10.5 Å². The lowest BCUT2D eigenvalue weighted by atomic mass is 10.00. The summed E-state index contributed by atoms with van der Waals surface area (Å²) < 4.78 is 20.5. The molecule has 0 radical (unpaired) electrons. The molecule has 4 rings (SSSR count). The first kappa shape index (κ1) is 18.9. The molecule has 1 aromatic carbocycles. The maximum atomic E-state index is 13.2. The van der Waals surface area contributed by atoms with Crippen molar-refractivity contribution in [2.24, 2.45) is 5.73 Å². The third-order valence-corrected chi connectivity index (χ3v) is 5.00. The van der Waals surface area contributed by atoms with Crippen LogP contribution < -0.4 is 16.0 Å². The van der Waals surface area contributed by atoms with Crippen LogP contribution in [0.1, 0.15) is 28.4 Å². The number of aromatic hydroxyl groups is 1. The molecule has 2 aromatic heterocycles. The molecule has 8 nitrogen and oxygen atoms in total. The molecule has 0 fully saturated rings.